The average Bonchev–Trinajstić information content (AvgIpc) is 3.02. The number of hydrogen-bond acceptors (Lipinski definition) is 5. The van der Waals surface area contributed by atoms with Crippen LogP contribution in [0.3, 0.4) is 0 Å². The van der Waals surface area contributed by atoms with Crippen molar-refractivity contribution in [2.75, 3.05) is 20.7 Å². The van der Waals surface area contributed by atoms with Gasteiger partial charge in [0.05, 0.1) is 20.8 Å². The van der Waals surface area contributed by atoms with E-state index < -0.39 is 5.97 Å². The highest BCUT2D eigenvalue weighted by atomic mass is 32.1. The van der Waals surface area contributed by atoms with Gasteiger partial charge in [-0.1, -0.05) is 30.3 Å². The minimum Gasteiger partial charge on any atom is -0.452 e. The Morgan fingerprint density at radius 2 is 1.80 bits per heavy atom. The number of nitrogens with zero attached hydrogens (tertiary/aromatic N) is 2. The van der Waals surface area contributed by atoms with Gasteiger partial charge in [-0.2, -0.15) is 0 Å². The van der Waals surface area contributed by atoms with Crippen LogP contribution in [0, 0.1) is 0 Å². The number of amides is 1. The third-order valence-electron chi connectivity index (χ3n) is 3.74. The van der Waals surface area contributed by atoms with Crippen LogP contribution in [0.25, 0.3) is 10.2 Å². The van der Waals surface area contributed by atoms with E-state index >= 15 is 0 Å². The Hall–Kier alpha value is -2.73. The van der Waals surface area contributed by atoms with Gasteiger partial charge in [-0.25, -0.2) is 9.78 Å². The minimum absolute atomic E-state index is 0.253. The van der Waals surface area contributed by atoms with Crippen LogP contribution in [-0.2, 0) is 16.0 Å². The van der Waals surface area contributed by atoms with Crippen molar-refractivity contribution in [3.63, 3.8) is 0 Å². The fourth-order valence-corrected chi connectivity index (χ4v) is 3.36. The standard InChI is InChI=1S/C19H18N2O3S/c1-21(2)18(22)12-24-19(23)14-8-4-3-7-13(14)11-17-20-15-9-5-6-10-16(15)25-17/h3-10H,11-12H2,1-2H3. The second-order valence-electron chi connectivity index (χ2n) is 5.77. The zero-order valence-corrected chi connectivity index (χ0v) is 14.9. The van der Waals surface area contributed by atoms with Gasteiger partial charge in [-0.3, -0.25) is 4.79 Å². The molecule has 3 rings (SSSR count). The SMILES string of the molecule is CN(C)C(=O)COC(=O)c1ccccc1Cc1nc2ccccc2s1. The van der Waals surface area contributed by atoms with Crippen LogP contribution < -0.4 is 0 Å². The smallest absolute Gasteiger partial charge is 0.338 e. The maximum Gasteiger partial charge on any atom is 0.338 e. The summed E-state index contributed by atoms with van der Waals surface area (Å²) >= 11 is 1.61. The number of hydrogen-bond donors (Lipinski definition) is 0. The van der Waals surface area contributed by atoms with Crippen molar-refractivity contribution < 1.29 is 14.3 Å². The maximum absolute atomic E-state index is 12.3. The third kappa shape index (κ3) is 4.03. The molecule has 1 aromatic heterocycles. The van der Waals surface area contributed by atoms with Crippen molar-refractivity contribution in [1.29, 1.82) is 0 Å². The van der Waals surface area contributed by atoms with Crippen molar-refractivity contribution in [2.45, 2.75) is 6.42 Å². The van der Waals surface area contributed by atoms with Crippen LogP contribution in [0.1, 0.15) is 20.9 Å². The molecule has 1 amide bonds. The molecule has 6 heteroatoms. The number of carbonyl (C=O) groups is 2. The summed E-state index contributed by atoms with van der Waals surface area (Å²) in [4.78, 5) is 29.9. The lowest BCUT2D eigenvalue weighted by Crippen LogP contribution is -2.27. The van der Waals surface area contributed by atoms with E-state index in [0.29, 0.717) is 12.0 Å². The number of ether oxygens (including phenoxy) is 1. The van der Waals surface area contributed by atoms with E-state index in [1.165, 1.54) is 4.90 Å². The maximum atomic E-state index is 12.3. The lowest BCUT2D eigenvalue weighted by Gasteiger charge is -2.11. The number of carbonyl (C=O) groups excluding carboxylic acids is 2. The van der Waals surface area contributed by atoms with Crippen molar-refractivity contribution in [2.24, 2.45) is 0 Å². The molecule has 5 nitrogen and oxygen atoms in total. The Balaban J connectivity index is 1.78. The third-order valence-corrected chi connectivity index (χ3v) is 4.78. The summed E-state index contributed by atoms with van der Waals surface area (Å²) in [6, 6.07) is 15.2. The highest BCUT2D eigenvalue weighted by Crippen LogP contribution is 2.24. The first-order valence-corrected chi connectivity index (χ1v) is 8.66. The number of thiazole rings is 1. The molecule has 0 spiro atoms. The van der Waals surface area contributed by atoms with E-state index in [9.17, 15) is 9.59 Å². The molecule has 0 aliphatic rings. The van der Waals surface area contributed by atoms with Crippen molar-refractivity contribution >= 4 is 33.4 Å². The second-order valence-corrected chi connectivity index (χ2v) is 6.89. The molecule has 2 aromatic carbocycles. The first kappa shape index (κ1) is 17.1. The van der Waals surface area contributed by atoms with Crippen LogP contribution >= 0.6 is 11.3 Å². The molecule has 0 fully saturated rings. The molecule has 0 saturated carbocycles. The van der Waals surface area contributed by atoms with Gasteiger partial charge in [-0.05, 0) is 23.8 Å². The highest BCUT2D eigenvalue weighted by molar-refractivity contribution is 7.18. The Morgan fingerprint density at radius 1 is 1.08 bits per heavy atom. The van der Waals surface area contributed by atoms with Crippen LogP contribution in [-0.4, -0.2) is 42.5 Å². The number of fused-ring (bicyclic) bond motifs is 1. The van der Waals surface area contributed by atoms with Gasteiger partial charge in [0, 0.05) is 20.5 Å². The summed E-state index contributed by atoms with van der Waals surface area (Å²) in [5.41, 5.74) is 2.26. The molecule has 1 heterocycles. The van der Waals surface area contributed by atoms with Gasteiger partial charge < -0.3 is 9.64 Å². The highest BCUT2D eigenvalue weighted by Gasteiger charge is 2.16. The number of para-hydroxylation sites is 1. The number of benzene rings is 2. The Labute approximate surface area is 149 Å². The summed E-state index contributed by atoms with van der Waals surface area (Å²) in [5, 5.41) is 0.936. The summed E-state index contributed by atoms with van der Waals surface area (Å²) in [7, 11) is 3.24. The van der Waals surface area contributed by atoms with Crippen molar-refractivity contribution in [3.8, 4) is 0 Å². The minimum atomic E-state index is -0.494. The molecule has 0 saturated heterocycles. The molecular formula is C19H18N2O3S. The van der Waals surface area contributed by atoms with Crippen LogP contribution in [0.2, 0.25) is 0 Å². The lowest BCUT2D eigenvalue weighted by molar-refractivity contribution is -0.131. The van der Waals surface area contributed by atoms with Gasteiger partial charge in [0.15, 0.2) is 6.61 Å². The molecule has 0 atom stereocenters. The molecule has 0 aliphatic carbocycles. The molecule has 0 aliphatic heterocycles. The van der Waals surface area contributed by atoms with Crippen LogP contribution in [0.5, 0.6) is 0 Å². The summed E-state index contributed by atoms with van der Waals surface area (Å²) in [5.74, 6) is -0.746. The van der Waals surface area contributed by atoms with E-state index in [0.717, 1.165) is 20.8 Å². The summed E-state index contributed by atoms with van der Waals surface area (Å²) < 4.78 is 6.26. The molecule has 0 N–H and O–H groups in total. The summed E-state index contributed by atoms with van der Waals surface area (Å²) in [6.45, 7) is -0.263. The average molecular weight is 354 g/mol. The predicted octanol–water partition coefficient (Wildman–Crippen LogP) is 3.13. The first-order chi connectivity index (χ1) is 12.0. The largest absolute Gasteiger partial charge is 0.452 e. The topological polar surface area (TPSA) is 59.5 Å². The monoisotopic (exact) mass is 354 g/mol. The van der Waals surface area contributed by atoms with Gasteiger partial charge in [0.25, 0.3) is 5.91 Å². The van der Waals surface area contributed by atoms with E-state index in [-0.39, 0.29) is 12.5 Å². The second kappa shape index (κ2) is 7.44. The van der Waals surface area contributed by atoms with Crippen molar-refractivity contribution in [3.05, 3.63) is 64.7 Å². The van der Waals surface area contributed by atoms with Crippen molar-refractivity contribution in [1.82, 2.24) is 9.88 Å². The van der Waals surface area contributed by atoms with Gasteiger partial charge in [-0.15, -0.1) is 11.3 Å². The molecule has 0 unspecified atom stereocenters. The molecule has 3 aromatic rings. The molecule has 25 heavy (non-hydrogen) atoms. The van der Waals surface area contributed by atoms with Gasteiger partial charge in [0.2, 0.25) is 0 Å². The fourth-order valence-electron chi connectivity index (χ4n) is 2.37. The van der Waals surface area contributed by atoms with Crippen LogP contribution in [0.15, 0.2) is 48.5 Å². The Kier molecular flexibility index (Phi) is 5.09. The summed E-state index contributed by atoms with van der Waals surface area (Å²) in [6.07, 6.45) is 0.548. The zero-order valence-electron chi connectivity index (χ0n) is 14.1. The van der Waals surface area contributed by atoms with E-state index in [4.69, 9.17) is 4.74 Å². The zero-order chi connectivity index (χ0) is 17.8. The number of esters is 1. The Morgan fingerprint density at radius 3 is 2.56 bits per heavy atom. The Bertz CT molecular complexity index is 885. The lowest BCUT2D eigenvalue weighted by atomic mass is 10.1. The number of aromatic nitrogens is 1. The molecule has 0 bridgehead atoms. The fraction of sp³-hybridized carbons (Fsp3) is 0.211. The van der Waals surface area contributed by atoms with Gasteiger partial charge in [0.1, 0.15) is 0 Å². The predicted molar refractivity (Wildman–Crippen MR) is 97.8 cm³/mol. The molecular weight excluding hydrogens is 336 g/mol. The normalized spacial score (nSPS) is 10.6. The number of likely N-dealkylation sites (N-methyl/N-ethyl adjacent to an activating group) is 1. The van der Waals surface area contributed by atoms with E-state index in [2.05, 4.69) is 4.98 Å². The quantitative estimate of drug-likeness (QED) is 0.661. The van der Waals surface area contributed by atoms with E-state index in [1.807, 2.05) is 36.4 Å². The van der Waals surface area contributed by atoms with E-state index in [1.54, 1.807) is 37.6 Å². The van der Waals surface area contributed by atoms with Crippen LogP contribution in [0.4, 0.5) is 0 Å². The first-order valence-electron chi connectivity index (χ1n) is 7.84. The van der Waals surface area contributed by atoms with Gasteiger partial charge >= 0.3 is 5.97 Å². The number of rotatable bonds is 5. The molecule has 0 radical (unpaired) electrons. The molecule has 128 valence electrons.